The Labute approximate surface area is 122 Å². The zero-order valence-corrected chi connectivity index (χ0v) is 12.2. The molecule has 1 rings (SSSR count). The molecular formula is C12H15N3O5S. The van der Waals surface area contributed by atoms with Crippen molar-refractivity contribution >= 4 is 15.7 Å². The average molecular weight is 313 g/mol. The first kappa shape index (κ1) is 17.0. The van der Waals surface area contributed by atoms with Crippen molar-refractivity contribution in [3.8, 4) is 6.07 Å². The number of nitro benzene ring substituents is 1. The van der Waals surface area contributed by atoms with Gasteiger partial charge in [0.25, 0.3) is 5.69 Å². The fourth-order valence-electron chi connectivity index (χ4n) is 1.61. The van der Waals surface area contributed by atoms with Gasteiger partial charge in [-0.2, -0.15) is 9.57 Å². The number of nitro groups is 1. The minimum absolute atomic E-state index is 0.0409. The molecule has 1 aromatic carbocycles. The number of methoxy groups -OCH3 is 1. The molecule has 0 atom stereocenters. The summed E-state index contributed by atoms with van der Waals surface area (Å²) in [6.07, 6.45) is 0.0515. The lowest BCUT2D eigenvalue weighted by Crippen LogP contribution is -2.34. The number of nitriles is 1. The fourth-order valence-corrected chi connectivity index (χ4v) is 3.03. The maximum atomic E-state index is 12.4. The summed E-state index contributed by atoms with van der Waals surface area (Å²) in [7, 11) is -2.36. The lowest BCUT2D eigenvalue weighted by atomic mass is 10.3. The Morgan fingerprint density at radius 2 is 1.95 bits per heavy atom. The standard InChI is InChI=1S/C12H15N3O5S/c1-20-10-9-14(8-2-7-13)21(18,19)12-5-3-11(4-6-12)15(16)17/h3-6H,2,8-10H2,1H3. The minimum atomic E-state index is -3.81. The number of nitrogens with zero attached hydrogens (tertiary/aromatic N) is 3. The second-order valence-electron chi connectivity index (χ2n) is 4.06. The van der Waals surface area contributed by atoms with Gasteiger partial charge in [0.1, 0.15) is 0 Å². The van der Waals surface area contributed by atoms with E-state index in [2.05, 4.69) is 0 Å². The Balaban J connectivity index is 3.03. The van der Waals surface area contributed by atoms with Crippen molar-refractivity contribution in [2.45, 2.75) is 11.3 Å². The molecule has 21 heavy (non-hydrogen) atoms. The summed E-state index contributed by atoms with van der Waals surface area (Å²) in [6.45, 7) is 0.342. The summed E-state index contributed by atoms with van der Waals surface area (Å²) in [5, 5.41) is 19.2. The molecule has 0 aliphatic heterocycles. The SMILES string of the molecule is COCCN(CCC#N)S(=O)(=O)c1ccc([N+](=O)[O-])cc1. The van der Waals surface area contributed by atoms with Crippen molar-refractivity contribution in [2.75, 3.05) is 26.8 Å². The third kappa shape index (κ3) is 4.49. The van der Waals surface area contributed by atoms with Gasteiger partial charge in [-0.15, -0.1) is 0 Å². The molecule has 1 aromatic rings. The lowest BCUT2D eigenvalue weighted by molar-refractivity contribution is -0.384. The number of ether oxygens (including phenoxy) is 1. The highest BCUT2D eigenvalue weighted by Gasteiger charge is 2.24. The Morgan fingerprint density at radius 1 is 1.33 bits per heavy atom. The molecule has 0 bridgehead atoms. The van der Waals surface area contributed by atoms with Crippen LogP contribution < -0.4 is 0 Å². The molecule has 0 saturated heterocycles. The normalized spacial score (nSPS) is 11.3. The zero-order valence-electron chi connectivity index (χ0n) is 11.4. The molecule has 114 valence electrons. The summed E-state index contributed by atoms with van der Waals surface area (Å²) in [5.41, 5.74) is -0.186. The van der Waals surface area contributed by atoms with Gasteiger partial charge in [0.2, 0.25) is 10.0 Å². The van der Waals surface area contributed by atoms with Crippen LogP contribution in [-0.4, -0.2) is 44.5 Å². The average Bonchev–Trinajstić information content (AvgIpc) is 2.47. The highest BCUT2D eigenvalue weighted by molar-refractivity contribution is 7.89. The van der Waals surface area contributed by atoms with E-state index in [0.29, 0.717) is 0 Å². The number of sulfonamides is 1. The summed E-state index contributed by atoms with van der Waals surface area (Å²) in [4.78, 5) is 9.92. The van der Waals surface area contributed by atoms with Crippen molar-refractivity contribution in [2.24, 2.45) is 0 Å². The van der Waals surface area contributed by atoms with Crippen LogP contribution in [0.4, 0.5) is 5.69 Å². The topological polar surface area (TPSA) is 114 Å². The smallest absolute Gasteiger partial charge is 0.269 e. The van der Waals surface area contributed by atoms with E-state index >= 15 is 0 Å². The molecule has 0 spiro atoms. The fraction of sp³-hybridized carbons (Fsp3) is 0.417. The van der Waals surface area contributed by atoms with Gasteiger partial charge in [0, 0.05) is 38.8 Å². The maximum absolute atomic E-state index is 12.4. The minimum Gasteiger partial charge on any atom is -0.383 e. The van der Waals surface area contributed by atoms with Crippen LogP contribution in [0.2, 0.25) is 0 Å². The van der Waals surface area contributed by atoms with Crippen molar-refractivity contribution in [1.29, 1.82) is 5.26 Å². The number of hydrogen-bond donors (Lipinski definition) is 0. The summed E-state index contributed by atoms with van der Waals surface area (Å²) in [6, 6.07) is 6.51. The van der Waals surface area contributed by atoms with Crippen LogP contribution in [0.5, 0.6) is 0 Å². The van der Waals surface area contributed by atoms with Gasteiger partial charge in [-0.05, 0) is 12.1 Å². The molecule has 0 N–H and O–H groups in total. The molecule has 0 heterocycles. The third-order valence-electron chi connectivity index (χ3n) is 2.70. The van der Waals surface area contributed by atoms with Gasteiger partial charge in [0.05, 0.1) is 22.5 Å². The Morgan fingerprint density at radius 3 is 2.43 bits per heavy atom. The lowest BCUT2D eigenvalue weighted by Gasteiger charge is -2.20. The number of hydrogen-bond acceptors (Lipinski definition) is 6. The van der Waals surface area contributed by atoms with Crippen LogP contribution in [-0.2, 0) is 14.8 Å². The van der Waals surface area contributed by atoms with Crippen LogP contribution in [0.3, 0.4) is 0 Å². The molecule has 0 unspecified atom stereocenters. The summed E-state index contributed by atoms with van der Waals surface area (Å²) < 4.78 is 30.8. The molecule has 0 aromatic heterocycles. The van der Waals surface area contributed by atoms with E-state index in [4.69, 9.17) is 10.00 Å². The van der Waals surface area contributed by atoms with Crippen LogP contribution in [0.1, 0.15) is 6.42 Å². The van der Waals surface area contributed by atoms with Gasteiger partial charge in [0.15, 0.2) is 0 Å². The van der Waals surface area contributed by atoms with E-state index in [0.717, 1.165) is 16.4 Å². The molecule has 0 aliphatic rings. The second kappa shape index (κ2) is 7.68. The van der Waals surface area contributed by atoms with Crippen LogP contribution in [0, 0.1) is 21.4 Å². The first-order valence-electron chi connectivity index (χ1n) is 6.04. The highest BCUT2D eigenvalue weighted by atomic mass is 32.2. The molecule has 9 heteroatoms. The molecule has 0 amide bonds. The van der Waals surface area contributed by atoms with E-state index in [9.17, 15) is 18.5 Å². The third-order valence-corrected chi connectivity index (χ3v) is 4.62. The van der Waals surface area contributed by atoms with E-state index < -0.39 is 14.9 Å². The number of benzene rings is 1. The second-order valence-corrected chi connectivity index (χ2v) is 5.99. The summed E-state index contributed by atoms with van der Waals surface area (Å²) in [5.74, 6) is 0. The van der Waals surface area contributed by atoms with Crippen molar-refractivity contribution < 1.29 is 18.1 Å². The first-order chi connectivity index (χ1) is 9.93. The van der Waals surface area contributed by atoms with Crippen molar-refractivity contribution in [1.82, 2.24) is 4.31 Å². The Hall–Kier alpha value is -2.02. The Bertz CT molecular complexity index is 621. The predicted octanol–water partition coefficient (Wildman–Crippen LogP) is 1.15. The van der Waals surface area contributed by atoms with Gasteiger partial charge < -0.3 is 4.74 Å². The van der Waals surface area contributed by atoms with Gasteiger partial charge >= 0.3 is 0 Å². The molecule has 8 nitrogen and oxygen atoms in total. The van der Waals surface area contributed by atoms with E-state index in [1.807, 2.05) is 6.07 Å². The maximum Gasteiger partial charge on any atom is 0.269 e. The van der Waals surface area contributed by atoms with Crippen LogP contribution >= 0.6 is 0 Å². The van der Waals surface area contributed by atoms with Crippen LogP contribution in [0.15, 0.2) is 29.2 Å². The molecule has 0 radical (unpaired) electrons. The number of rotatable bonds is 8. The summed E-state index contributed by atoms with van der Waals surface area (Å²) >= 11 is 0. The largest absolute Gasteiger partial charge is 0.383 e. The van der Waals surface area contributed by atoms with Crippen molar-refractivity contribution in [3.05, 3.63) is 34.4 Å². The number of non-ortho nitro benzene ring substituents is 1. The quantitative estimate of drug-likeness (QED) is 0.525. The highest BCUT2D eigenvalue weighted by Crippen LogP contribution is 2.19. The van der Waals surface area contributed by atoms with Gasteiger partial charge in [-0.3, -0.25) is 10.1 Å². The van der Waals surface area contributed by atoms with E-state index in [1.54, 1.807) is 0 Å². The molecule has 0 fully saturated rings. The Kier molecular flexibility index (Phi) is 6.23. The van der Waals surface area contributed by atoms with Gasteiger partial charge in [-0.25, -0.2) is 8.42 Å². The van der Waals surface area contributed by atoms with E-state index in [-0.39, 0.29) is 36.7 Å². The predicted molar refractivity (Wildman–Crippen MR) is 74.0 cm³/mol. The van der Waals surface area contributed by atoms with Crippen LogP contribution in [0.25, 0.3) is 0 Å². The monoisotopic (exact) mass is 313 g/mol. The van der Waals surface area contributed by atoms with Gasteiger partial charge in [-0.1, -0.05) is 0 Å². The van der Waals surface area contributed by atoms with E-state index in [1.165, 1.54) is 19.2 Å². The molecule has 0 aliphatic carbocycles. The van der Waals surface area contributed by atoms with Crippen molar-refractivity contribution in [3.63, 3.8) is 0 Å². The zero-order chi connectivity index (χ0) is 15.9. The first-order valence-corrected chi connectivity index (χ1v) is 7.48. The molecular weight excluding hydrogens is 298 g/mol. The molecule has 0 saturated carbocycles.